The lowest BCUT2D eigenvalue weighted by atomic mass is 9.81. The minimum atomic E-state index is -1.97. The number of pyridine rings is 2. The van der Waals surface area contributed by atoms with Crippen LogP contribution < -0.4 is 16.2 Å². The average Bonchev–Trinajstić information content (AvgIpc) is 3.31. The van der Waals surface area contributed by atoms with Crippen LogP contribution in [-0.4, -0.2) is 44.3 Å². The summed E-state index contributed by atoms with van der Waals surface area (Å²) in [6.07, 6.45) is 0.304. The highest BCUT2D eigenvalue weighted by molar-refractivity contribution is 5.94. The maximum atomic E-state index is 15.0. The molecule has 41 heavy (non-hydrogen) atoms. The monoisotopic (exact) mass is 564 g/mol. The number of rotatable bonds is 6. The smallest absolute Gasteiger partial charge is 0.404 e. The number of benzene rings is 1. The molecule has 0 saturated heterocycles. The predicted molar refractivity (Wildman–Crippen MR) is 144 cm³/mol. The maximum absolute atomic E-state index is 15.0. The second kappa shape index (κ2) is 9.65. The Bertz CT molecular complexity index is 1730. The number of fused-ring (bicyclic) bond motifs is 5. The number of cyclic esters (lactones) is 1. The molecule has 0 radical (unpaired) electrons. The lowest BCUT2D eigenvalue weighted by Gasteiger charge is -2.31. The molecule has 0 bridgehead atoms. The van der Waals surface area contributed by atoms with Crippen molar-refractivity contribution >= 4 is 28.9 Å². The van der Waals surface area contributed by atoms with Crippen LogP contribution in [0.15, 0.2) is 16.9 Å². The molecule has 1 aliphatic carbocycles. The number of hydrogen-bond acceptors (Lipinski definition) is 7. The quantitative estimate of drug-likeness (QED) is 0.205. The van der Waals surface area contributed by atoms with Crippen molar-refractivity contribution in [3.63, 3.8) is 0 Å². The van der Waals surface area contributed by atoms with E-state index in [2.05, 4.69) is 10.6 Å². The minimum absolute atomic E-state index is 0.00885. The van der Waals surface area contributed by atoms with Crippen LogP contribution in [0, 0.1) is 12.7 Å². The molecule has 0 fully saturated rings. The van der Waals surface area contributed by atoms with Crippen molar-refractivity contribution in [2.75, 3.05) is 6.54 Å². The molecule has 0 saturated carbocycles. The van der Waals surface area contributed by atoms with Crippen molar-refractivity contribution in [2.45, 2.75) is 70.7 Å². The topological polar surface area (TPSA) is 160 Å². The molecule has 4 heterocycles. The number of esters is 1. The third-order valence-corrected chi connectivity index (χ3v) is 8.57. The fourth-order valence-corrected chi connectivity index (χ4v) is 6.41. The standard InChI is InChI=1S/C29H29FN4O7/c1-3-29(40)17-9-21-25-15(11-34(21)26(36)16(17)12-41-27(29)37)24-19(32-22(35)5-4-8-31-28(38)39)7-6-14-13(2)18(30)10-20(33-25)23(14)24/h9-10,19,31,40H,3-8,11-12H2,1-2H3,(H,32,35)(H,38,39)/t19-,29-/m0/s1. The fourth-order valence-electron chi connectivity index (χ4n) is 6.41. The molecule has 3 aromatic rings. The highest BCUT2D eigenvalue weighted by atomic mass is 19.1. The lowest BCUT2D eigenvalue weighted by molar-refractivity contribution is -0.172. The molecule has 2 aliphatic heterocycles. The van der Waals surface area contributed by atoms with Gasteiger partial charge in [0.2, 0.25) is 5.91 Å². The number of ether oxygens (including phenoxy) is 1. The van der Waals surface area contributed by atoms with Gasteiger partial charge < -0.3 is 30.2 Å². The van der Waals surface area contributed by atoms with Crippen molar-refractivity contribution in [1.82, 2.24) is 20.2 Å². The van der Waals surface area contributed by atoms with Crippen LogP contribution in [0.4, 0.5) is 9.18 Å². The molecule has 2 aromatic heterocycles. The number of aromatic nitrogens is 2. The molecule has 214 valence electrons. The normalized spacial score (nSPS) is 20.2. The van der Waals surface area contributed by atoms with E-state index in [1.54, 1.807) is 19.9 Å². The zero-order chi connectivity index (χ0) is 29.2. The van der Waals surface area contributed by atoms with E-state index < -0.39 is 35.1 Å². The summed E-state index contributed by atoms with van der Waals surface area (Å²) in [5.41, 5.74) is 2.05. The third-order valence-electron chi connectivity index (χ3n) is 8.57. The number of carboxylic acid groups (broad SMARTS) is 1. The van der Waals surface area contributed by atoms with E-state index >= 15 is 4.39 Å². The number of carbonyl (C=O) groups excluding carboxylic acids is 2. The van der Waals surface area contributed by atoms with Gasteiger partial charge in [-0.1, -0.05) is 6.92 Å². The Morgan fingerprint density at radius 1 is 1.24 bits per heavy atom. The Labute approximate surface area is 233 Å². The van der Waals surface area contributed by atoms with Crippen molar-refractivity contribution in [3.8, 4) is 11.4 Å². The van der Waals surface area contributed by atoms with Gasteiger partial charge in [0.15, 0.2) is 5.60 Å². The van der Waals surface area contributed by atoms with E-state index in [4.69, 9.17) is 14.8 Å². The first-order valence-electron chi connectivity index (χ1n) is 13.6. The molecule has 1 aromatic carbocycles. The second-order valence-electron chi connectivity index (χ2n) is 10.8. The summed E-state index contributed by atoms with van der Waals surface area (Å²) < 4.78 is 21.7. The summed E-state index contributed by atoms with van der Waals surface area (Å²) in [6, 6.07) is 2.53. The van der Waals surface area contributed by atoms with E-state index in [1.807, 2.05) is 0 Å². The number of amides is 2. The van der Waals surface area contributed by atoms with Gasteiger partial charge >= 0.3 is 12.1 Å². The first-order valence-corrected chi connectivity index (χ1v) is 13.6. The first kappa shape index (κ1) is 26.9. The molecule has 0 spiro atoms. The SMILES string of the molecule is CC[C@@]1(O)C(=O)OCc2c1cc1n(c2=O)Cc2c-1nc1cc(F)c(C)c3c1c2[C@@H](NC(=O)CCCNC(=O)O)CC3. The highest BCUT2D eigenvalue weighted by Gasteiger charge is 2.46. The third kappa shape index (κ3) is 4.07. The molecule has 0 unspecified atom stereocenters. The molecule has 2 atom stereocenters. The molecule has 2 amide bonds. The van der Waals surface area contributed by atoms with E-state index in [1.165, 1.54) is 10.6 Å². The van der Waals surface area contributed by atoms with E-state index in [0.717, 1.165) is 16.5 Å². The van der Waals surface area contributed by atoms with E-state index in [0.29, 0.717) is 47.3 Å². The van der Waals surface area contributed by atoms with Crippen molar-refractivity contribution < 1.29 is 33.7 Å². The highest BCUT2D eigenvalue weighted by Crippen LogP contribution is 2.45. The van der Waals surface area contributed by atoms with E-state index in [9.17, 15) is 24.3 Å². The van der Waals surface area contributed by atoms with Gasteiger partial charge in [-0.2, -0.15) is 0 Å². The number of hydrogen-bond donors (Lipinski definition) is 4. The van der Waals surface area contributed by atoms with Gasteiger partial charge in [0.25, 0.3) is 5.56 Å². The summed E-state index contributed by atoms with van der Waals surface area (Å²) in [4.78, 5) is 54.6. The Hall–Kier alpha value is -4.32. The molecule has 6 rings (SSSR count). The summed E-state index contributed by atoms with van der Waals surface area (Å²) in [7, 11) is 0. The Kier molecular flexibility index (Phi) is 6.33. The van der Waals surface area contributed by atoms with Gasteiger partial charge in [-0.25, -0.2) is 19.0 Å². The van der Waals surface area contributed by atoms with Gasteiger partial charge in [0.1, 0.15) is 12.4 Å². The van der Waals surface area contributed by atoms with E-state index in [-0.39, 0.29) is 49.6 Å². The van der Waals surface area contributed by atoms with Crippen LogP contribution in [0.5, 0.6) is 0 Å². The van der Waals surface area contributed by atoms with Gasteiger partial charge in [0, 0.05) is 35.5 Å². The second-order valence-corrected chi connectivity index (χ2v) is 10.8. The van der Waals surface area contributed by atoms with Gasteiger partial charge in [0.05, 0.1) is 35.1 Å². The van der Waals surface area contributed by atoms with Crippen LogP contribution in [0.1, 0.15) is 72.0 Å². The molecular formula is C29H29FN4O7. The Morgan fingerprint density at radius 2 is 2.02 bits per heavy atom. The predicted octanol–water partition coefficient (Wildman–Crippen LogP) is 2.68. The van der Waals surface area contributed by atoms with Crippen LogP contribution in [0.25, 0.3) is 22.3 Å². The van der Waals surface area contributed by atoms with Gasteiger partial charge in [-0.3, -0.25) is 9.59 Å². The molecule has 4 N–H and O–H groups in total. The number of nitrogens with zero attached hydrogens (tertiary/aromatic N) is 2. The molecule has 11 nitrogen and oxygen atoms in total. The first-order chi connectivity index (χ1) is 19.5. The van der Waals surface area contributed by atoms with Crippen molar-refractivity contribution in [1.29, 1.82) is 0 Å². The number of halogens is 1. The average molecular weight is 565 g/mol. The summed E-state index contributed by atoms with van der Waals surface area (Å²) in [5.74, 6) is -1.47. The minimum Gasteiger partial charge on any atom is -0.465 e. The maximum Gasteiger partial charge on any atom is 0.404 e. The van der Waals surface area contributed by atoms with Crippen molar-refractivity contribution in [3.05, 3.63) is 61.7 Å². The Balaban J connectivity index is 1.49. The lowest BCUT2D eigenvalue weighted by Crippen LogP contribution is -2.44. The summed E-state index contributed by atoms with van der Waals surface area (Å²) in [6.45, 7) is 3.38. The zero-order valence-electron chi connectivity index (χ0n) is 22.6. The number of aryl methyl sites for hydroxylation is 1. The van der Waals surface area contributed by atoms with Crippen LogP contribution in [0.3, 0.4) is 0 Å². The number of nitrogens with one attached hydrogen (secondary N) is 2. The summed E-state index contributed by atoms with van der Waals surface area (Å²) >= 11 is 0. The van der Waals surface area contributed by atoms with Crippen LogP contribution >= 0.6 is 0 Å². The molecule has 3 aliphatic rings. The largest absolute Gasteiger partial charge is 0.465 e. The fraction of sp³-hybridized carbons (Fsp3) is 0.414. The summed E-state index contributed by atoms with van der Waals surface area (Å²) in [5, 5.41) is 26.0. The van der Waals surface area contributed by atoms with Crippen LogP contribution in [-0.2, 0) is 39.5 Å². The van der Waals surface area contributed by atoms with Gasteiger partial charge in [-0.15, -0.1) is 0 Å². The molecular weight excluding hydrogens is 535 g/mol. The molecule has 12 heteroatoms. The van der Waals surface area contributed by atoms with Crippen LogP contribution in [0.2, 0.25) is 0 Å². The zero-order valence-corrected chi connectivity index (χ0v) is 22.6. The Morgan fingerprint density at radius 3 is 2.76 bits per heavy atom. The number of carbonyl (C=O) groups is 3. The van der Waals surface area contributed by atoms with Gasteiger partial charge in [-0.05, 0) is 55.4 Å². The number of aliphatic hydroxyl groups is 1. The van der Waals surface area contributed by atoms with Crippen molar-refractivity contribution in [2.24, 2.45) is 0 Å².